The molecule has 24 heavy (non-hydrogen) atoms. The van der Waals surface area contributed by atoms with Crippen LogP contribution in [0.2, 0.25) is 0 Å². The minimum Gasteiger partial charge on any atom is -0.481 e. The van der Waals surface area contributed by atoms with Gasteiger partial charge in [0.1, 0.15) is 11.1 Å². The number of hydrogen-bond acceptors (Lipinski definition) is 3. The van der Waals surface area contributed by atoms with E-state index in [1.165, 1.54) is 0 Å². The number of aromatic nitrogens is 2. The molecule has 0 aliphatic heterocycles. The second-order valence-corrected chi connectivity index (χ2v) is 6.06. The summed E-state index contributed by atoms with van der Waals surface area (Å²) >= 11 is 0. The minimum absolute atomic E-state index is 0.0101. The maximum absolute atomic E-state index is 12.3. The van der Waals surface area contributed by atoms with Gasteiger partial charge in [0.15, 0.2) is 0 Å². The number of amides is 1. The van der Waals surface area contributed by atoms with Crippen molar-refractivity contribution in [3.05, 3.63) is 53.9 Å². The van der Waals surface area contributed by atoms with Crippen LogP contribution in [0.1, 0.15) is 49.3 Å². The van der Waals surface area contributed by atoms with Crippen LogP contribution in [0.4, 0.5) is 0 Å². The molecule has 0 spiro atoms. The van der Waals surface area contributed by atoms with Gasteiger partial charge in [-0.3, -0.25) is 14.3 Å². The highest BCUT2D eigenvalue weighted by Crippen LogP contribution is 2.28. The molecule has 2 rings (SSSR count). The van der Waals surface area contributed by atoms with Gasteiger partial charge >= 0.3 is 5.97 Å². The second-order valence-electron chi connectivity index (χ2n) is 6.06. The Hall–Kier alpha value is -2.63. The summed E-state index contributed by atoms with van der Waals surface area (Å²) in [7, 11) is 0. The van der Waals surface area contributed by atoms with Crippen molar-refractivity contribution in [3.63, 3.8) is 0 Å². The highest BCUT2D eigenvalue weighted by molar-refractivity contribution is 5.93. The first-order valence-corrected chi connectivity index (χ1v) is 8.03. The van der Waals surface area contributed by atoms with E-state index in [1.54, 1.807) is 48.1 Å². The second kappa shape index (κ2) is 7.29. The zero-order valence-corrected chi connectivity index (χ0v) is 14.2. The Kier molecular flexibility index (Phi) is 5.39. The van der Waals surface area contributed by atoms with Gasteiger partial charge in [-0.2, -0.15) is 5.10 Å². The first-order chi connectivity index (χ1) is 11.4. The number of nitrogens with zero attached hydrogens (tertiary/aromatic N) is 2. The number of benzene rings is 1. The van der Waals surface area contributed by atoms with Crippen LogP contribution in [0.25, 0.3) is 0 Å². The molecule has 0 aliphatic carbocycles. The molecule has 1 heterocycles. The number of carbonyl (C=O) groups excluding carboxylic acids is 1. The van der Waals surface area contributed by atoms with Crippen molar-refractivity contribution in [2.75, 3.05) is 6.54 Å². The van der Waals surface area contributed by atoms with E-state index < -0.39 is 11.4 Å². The number of carboxylic acids is 1. The molecule has 0 radical (unpaired) electrons. The Morgan fingerprint density at radius 1 is 1.25 bits per heavy atom. The van der Waals surface area contributed by atoms with Gasteiger partial charge in [0.05, 0.1) is 0 Å². The molecule has 6 nitrogen and oxygen atoms in total. The van der Waals surface area contributed by atoms with Crippen molar-refractivity contribution in [1.29, 1.82) is 0 Å². The zero-order valence-electron chi connectivity index (χ0n) is 14.2. The number of hydrogen-bond donors (Lipinski definition) is 2. The maximum Gasteiger partial charge on any atom is 0.315 e. The predicted octanol–water partition coefficient (Wildman–Crippen LogP) is 2.63. The van der Waals surface area contributed by atoms with Gasteiger partial charge in [0.25, 0.3) is 5.91 Å². The standard InChI is InChI=1S/C18H23N3O3/c1-4-18(17(23)24,14-8-6-5-7-9-14)12-19-16(22)15-10-11-21(20-15)13(2)3/h5-11,13H,4,12H2,1-3H3,(H,19,22)(H,23,24). The van der Waals surface area contributed by atoms with E-state index in [-0.39, 0.29) is 24.2 Å². The lowest BCUT2D eigenvalue weighted by molar-refractivity contribution is -0.143. The molecule has 1 amide bonds. The van der Waals surface area contributed by atoms with Gasteiger partial charge in [-0.15, -0.1) is 0 Å². The van der Waals surface area contributed by atoms with Gasteiger partial charge < -0.3 is 10.4 Å². The molecule has 1 aromatic carbocycles. The fourth-order valence-electron chi connectivity index (χ4n) is 2.61. The normalized spacial score (nSPS) is 13.5. The largest absolute Gasteiger partial charge is 0.481 e. The molecule has 128 valence electrons. The van der Waals surface area contributed by atoms with Crippen LogP contribution in [0.15, 0.2) is 42.6 Å². The lowest BCUT2D eigenvalue weighted by Crippen LogP contribution is -2.46. The topological polar surface area (TPSA) is 84.2 Å². The number of rotatable bonds is 7. The third-order valence-electron chi connectivity index (χ3n) is 4.26. The summed E-state index contributed by atoms with van der Waals surface area (Å²) in [6.07, 6.45) is 2.11. The van der Waals surface area contributed by atoms with Crippen molar-refractivity contribution in [1.82, 2.24) is 15.1 Å². The maximum atomic E-state index is 12.3. The molecule has 1 unspecified atom stereocenters. The number of nitrogens with one attached hydrogen (secondary N) is 1. The Morgan fingerprint density at radius 3 is 2.42 bits per heavy atom. The van der Waals surface area contributed by atoms with E-state index in [4.69, 9.17) is 0 Å². The average Bonchev–Trinajstić information content (AvgIpc) is 3.07. The van der Waals surface area contributed by atoms with Crippen LogP contribution in [0.5, 0.6) is 0 Å². The molecule has 1 aromatic heterocycles. The smallest absolute Gasteiger partial charge is 0.315 e. The van der Waals surface area contributed by atoms with E-state index in [0.29, 0.717) is 12.0 Å². The van der Waals surface area contributed by atoms with Crippen molar-refractivity contribution in [3.8, 4) is 0 Å². The lowest BCUT2D eigenvalue weighted by Gasteiger charge is -2.28. The van der Waals surface area contributed by atoms with E-state index in [0.717, 1.165) is 0 Å². The molecule has 0 bridgehead atoms. The molecule has 0 saturated heterocycles. The third kappa shape index (κ3) is 3.48. The summed E-state index contributed by atoms with van der Waals surface area (Å²) in [4.78, 5) is 24.2. The average molecular weight is 329 g/mol. The highest BCUT2D eigenvalue weighted by Gasteiger charge is 2.39. The number of carbonyl (C=O) groups is 2. The monoisotopic (exact) mass is 329 g/mol. The fourth-order valence-corrected chi connectivity index (χ4v) is 2.61. The summed E-state index contributed by atoms with van der Waals surface area (Å²) in [5.74, 6) is -1.33. The minimum atomic E-state index is -1.16. The molecule has 0 aliphatic rings. The Balaban J connectivity index is 2.19. The van der Waals surface area contributed by atoms with Gasteiger partial charge in [-0.1, -0.05) is 37.3 Å². The highest BCUT2D eigenvalue weighted by atomic mass is 16.4. The molecule has 6 heteroatoms. The summed E-state index contributed by atoms with van der Waals surface area (Å²) in [6, 6.07) is 10.8. The van der Waals surface area contributed by atoms with Gasteiger partial charge in [-0.05, 0) is 31.9 Å². The first-order valence-electron chi connectivity index (χ1n) is 8.03. The number of aliphatic carboxylic acids is 1. The van der Waals surface area contributed by atoms with Crippen LogP contribution >= 0.6 is 0 Å². The summed E-state index contributed by atoms with van der Waals surface area (Å²) in [5, 5.41) is 16.7. The van der Waals surface area contributed by atoms with E-state index in [2.05, 4.69) is 10.4 Å². The van der Waals surface area contributed by atoms with Crippen LogP contribution < -0.4 is 5.32 Å². The quantitative estimate of drug-likeness (QED) is 0.818. The van der Waals surface area contributed by atoms with E-state index in [9.17, 15) is 14.7 Å². The summed E-state index contributed by atoms with van der Waals surface area (Å²) in [5.41, 5.74) is -0.197. The van der Waals surface area contributed by atoms with Crippen LogP contribution in [-0.2, 0) is 10.2 Å². The molecule has 1 atom stereocenters. The number of carboxylic acid groups (broad SMARTS) is 1. The van der Waals surface area contributed by atoms with Crippen molar-refractivity contribution < 1.29 is 14.7 Å². The van der Waals surface area contributed by atoms with Gasteiger partial charge in [-0.25, -0.2) is 0 Å². The van der Waals surface area contributed by atoms with E-state index >= 15 is 0 Å². The van der Waals surface area contributed by atoms with Crippen molar-refractivity contribution in [2.45, 2.75) is 38.6 Å². The van der Waals surface area contributed by atoms with Crippen LogP contribution in [0.3, 0.4) is 0 Å². The first kappa shape index (κ1) is 17.7. The Bertz CT molecular complexity index is 709. The van der Waals surface area contributed by atoms with Gasteiger partial charge in [0.2, 0.25) is 0 Å². The fraction of sp³-hybridized carbons (Fsp3) is 0.389. The molecule has 2 aromatic rings. The van der Waals surface area contributed by atoms with E-state index in [1.807, 2.05) is 19.9 Å². The third-order valence-corrected chi connectivity index (χ3v) is 4.26. The Labute approximate surface area is 141 Å². The molecular weight excluding hydrogens is 306 g/mol. The van der Waals surface area contributed by atoms with Crippen LogP contribution in [-0.4, -0.2) is 33.3 Å². The molecule has 2 N–H and O–H groups in total. The van der Waals surface area contributed by atoms with Gasteiger partial charge in [0, 0.05) is 18.8 Å². The lowest BCUT2D eigenvalue weighted by atomic mass is 9.78. The molecular formula is C18H23N3O3. The molecule has 0 saturated carbocycles. The SMILES string of the molecule is CCC(CNC(=O)c1ccn(C(C)C)n1)(C(=O)O)c1ccccc1. The predicted molar refractivity (Wildman–Crippen MR) is 91.0 cm³/mol. The summed E-state index contributed by atoms with van der Waals surface area (Å²) < 4.78 is 1.69. The van der Waals surface area contributed by atoms with Crippen LogP contribution in [0, 0.1) is 0 Å². The van der Waals surface area contributed by atoms with Crippen molar-refractivity contribution >= 4 is 11.9 Å². The Morgan fingerprint density at radius 2 is 1.92 bits per heavy atom. The summed E-state index contributed by atoms with van der Waals surface area (Å²) in [6.45, 7) is 5.75. The molecule has 0 fully saturated rings. The zero-order chi connectivity index (χ0) is 17.7. The van der Waals surface area contributed by atoms with Crippen molar-refractivity contribution in [2.24, 2.45) is 0 Å².